The Morgan fingerprint density at radius 3 is 2.40 bits per heavy atom. The van der Waals surface area contributed by atoms with Gasteiger partial charge < -0.3 is 0 Å². The molecule has 0 aliphatic heterocycles. The van der Waals surface area contributed by atoms with Crippen LogP contribution in [0.4, 0.5) is 0 Å². The zero-order valence-corrected chi connectivity index (χ0v) is 14.2. The zero-order chi connectivity index (χ0) is 14.6. The molecule has 1 aromatic heterocycles. The molecular weight excluding hydrogens is 312 g/mol. The topological polar surface area (TPSA) is 17.8 Å². The molecule has 2 aromatic rings. The average molecular weight is 335 g/mol. The lowest BCUT2D eigenvalue weighted by Gasteiger charge is -2.31. The number of nitrogens with zero attached hydrogens (tertiary/aromatic N) is 2. The molecule has 0 saturated carbocycles. The standard InChI is InChI=1S/C17H23BrN2/c1-4-15-11-16(20(3)19-15)12-17(5-2,13-18)14-9-7-6-8-10-14/h6-11H,4-5,12-13H2,1-3H3. The van der Waals surface area contributed by atoms with Crippen molar-refractivity contribution in [3.8, 4) is 0 Å². The van der Waals surface area contributed by atoms with E-state index in [9.17, 15) is 0 Å². The monoisotopic (exact) mass is 334 g/mol. The molecule has 0 saturated heterocycles. The third-order valence-electron chi connectivity index (χ3n) is 4.23. The first-order valence-electron chi connectivity index (χ1n) is 7.28. The van der Waals surface area contributed by atoms with Crippen LogP contribution in [0.25, 0.3) is 0 Å². The quantitative estimate of drug-likeness (QED) is 0.721. The summed E-state index contributed by atoms with van der Waals surface area (Å²) in [6.07, 6.45) is 3.11. The summed E-state index contributed by atoms with van der Waals surface area (Å²) in [7, 11) is 2.05. The van der Waals surface area contributed by atoms with Crippen LogP contribution in [0.5, 0.6) is 0 Å². The number of aromatic nitrogens is 2. The fraction of sp³-hybridized carbons (Fsp3) is 0.471. The number of hydrogen-bond acceptors (Lipinski definition) is 1. The Balaban J connectivity index is 2.36. The number of rotatable bonds is 6. The lowest BCUT2D eigenvalue weighted by Crippen LogP contribution is -2.31. The molecule has 1 unspecified atom stereocenters. The second kappa shape index (κ2) is 6.57. The van der Waals surface area contributed by atoms with E-state index in [1.165, 1.54) is 17.0 Å². The highest BCUT2D eigenvalue weighted by molar-refractivity contribution is 9.09. The van der Waals surface area contributed by atoms with Crippen molar-refractivity contribution >= 4 is 15.9 Å². The van der Waals surface area contributed by atoms with E-state index in [1.54, 1.807) is 0 Å². The molecule has 0 N–H and O–H groups in total. The van der Waals surface area contributed by atoms with E-state index in [0.29, 0.717) is 0 Å². The van der Waals surface area contributed by atoms with Crippen molar-refractivity contribution in [2.45, 2.75) is 38.5 Å². The van der Waals surface area contributed by atoms with Gasteiger partial charge in [-0.1, -0.05) is 60.1 Å². The van der Waals surface area contributed by atoms with Gasteiger partial charge in [0.15, 0.2) is 0 Å². The maximum Gasteiger partial charge on any atom is 0.0624 e. The molecule has 2 nitrogen and oxygen atoms in total. The van der Waals surface area contributed by atoms with Crippen LogP contribution in [0.1, 0.15) is 37.2 Å². The number of aryl methyl sites for hydroxylation is 2. The van der Waals surface area contributed by atoms with Crippen molar-refractivity contribution in [2.24, 2.45) is 7.05 Å². The molecule has 20 heavy (non-hydrogen) atoms. The summed E-state index contributed by atoms with van der Waals surface area (Å²) in [4.78, 5) is 0. The van der Waals surface area contributed by atoms with Gasteiger partial charge in [0.25, 0.3) is 0 Å². The normalized spacial score (nSPS) is 14.2. The molecule has 0 radical (unpaired) electrons. The molecule has 0 spiro atoms. The number of hydrogen-bond donors (Lipinski definition) is 0. The SMILES string of the molecule is CCc1cc(CC(CC)(CBr)c2ccccc2)n(C)n1. The molecule has 1 heterocycles. The van der Waals surface area contributed by atoms with Gasteiger partial charge >= 0.3 is 0 Å². The summed E-state index contributed by atoms with van der Waals surface area (Å²) in [5.74, 6) is 0. The van der Waals surface area contributed by atoms with Crippen LogP contribution in [-0.2, 0) is 25.3 Å². The highest BCUT2D eigenvalue weighted by atomic mass is 79.9. The molecule has 0 amide bonds. The van der Waals surface area contributed by atoms with Crippen molar-refractivity contribution in [3.05, 3.63) is 53.3 Å². The van der Waals surface area contributed by atoms with Gasteiger partial charge in [-0.3, -0.25) is 4.68 Å². The molecular formula is C17H23BrN2. The molecule has 1 atom stereocenters. The van der Waals surface area contributed by atoms with Crippen LogP contribution in [-0.4, -0.2) is 15.1 Å². The molecule has 0 fully saturated rings. The van der Waals surface area contributed by atoms with E-state index in [1.807, 2.05) is 11.7 Å². The van der Waals surface area contributed by atoms with Crippen molar-refractivity contribution in [3.63, 3.8) is 0 Å². The zero-order valence-electron chi connectivity index (χ0n) is 12.6. The Hall–Kier alpha value is -1.09. The van der Waals surface area contributed by atoms with Crippen LogP contribution in [0, 0.1) is 0 Å². The minimum atomic E-state index is 0.139. The maximum absolute atomic E-state index is 4.58. The van der Waals surface area contributed by atoms with E-state index in [2.05, 4.69) is 71.3 Å². The van der Waals surface area contributed by atoms with Gasteiger partial charge in [0, 0.05) is 23.5 Å². The smallest absolute Gasteiger partial charge is 0.0624 e. The highest BCUT2D eigenvalue weighted by Gasteiger charge is 2.30. The number of benzene rings is 1. The van der Waals surface area contributed by atoms with E-state index in [-0.39, 0.29) is 5.41 Å². The number of halogens is 1. The second-order valence-electron chi connectivity index (χ2n) is 5.41. The Bertz CT molecular complexity index is 541. The van der Waals surface area contributed by atoms with Crippen molar-refractivity contribution in [1.82, 2.24) is 9.78 Å². The minimum absolute atomic E-state index is 0.139. The molecule has 0 aliphatic carbocycles. The van der Waals surface area contributed by atoms with Crippen LogP contribution >= 0.6 is 15.9 Å². The van der Waals surface area contributed by atoms with Gasteiger partial charge in [-0.2, -0.15) is 5.10 Å². The molecule has 2 rings (SSSR count). The van der Waals surface area contributed by atoms with Gasteiger partial charge in [-0.25, -0.2) is 0 Å². The Kier molecular flexibility index (Phi) is 5.03. The van der Waals surface area contributed by atoms with Crippen molar-refractivity contribution < 1.29 is 0 Å². The van der Waals surface area contributed by atoms with E-state index < -0.39 is 0 Å². The summed E-state index contributed by atoms with van der Waals surface area (Å²) in [6.45, 7) is 4.42. The lowest BCUT2D eigenvalue weighted by atomic mass is 9.76. The predicted octanol–water partition coefficient (Wildman–Crippen LogP) is 4.27. The first-order valence-corrected chi connectivity index (χ1v) is 8.40. The van der Waals surface area contributed by atoms with E-state index in [0.717, 1.165) is 24.6 Å². The van der Waals surface area contributed by atoms with Crippen LogP contribution in [0.15, 0.2) is 36.4 Å². The third-order valence-corrected chi connectivity index (χ3v) is 5.30. The van der Waals surface area contributed by atoms with Crippen LogP contribution < -0.4 is 0 Å². The Morgan fingerprint density at radius 2 is 1.90 bits per heavy atom. The highest BCUT2D eigenvalue weighted by Crippen LogP contribution is 2.34. The largest absolute Gasteiger partial charge is 0.272 e. The maximum atomic E-state index is 4.58. The first-order chi connectivity index (χ1) is 9.65. The molecule has 3 heteroatoms. The fourth-order valence-corrected chi connectivity index (χ4v) is 3.62. The molecule has 0 bridgehead atoms. The van der Waals surface area contributed by atoms with Crippen molar-refractivity contribution in [2.75, 3.05) is 5.33 Å². The summed E-state index contributed by atoms with van der Waals surface area (Å²) in [5, 5.41) is 5.54. The first kappa shape index (κ1) is 15.3. The van der Waals surface area contributed by atoms with Gasteiger partial charge in [0.1, 0.15) is 0 Å². The van der Waals surface area contributed by atoms with Gasteiger partial charge in [-0.15, -0.1) is 0 Å². The Labute approximate surface area is 130 Å². The van der Waals surface area contributed by atoms with Gasteiger partial charge in [0.2, 0.25) is 0 Å². The van der Waals surface area contributed by atoms with Gasteiger partial charge in [0.05, 0.1) is 5.69 Å². The summed E-state index contributed by atoms with van der Waals surface area (Å²) in [5.41, 5.74) is 4.03. The van der Waals surface area contributed by atoms with Crippen LogP contribution in [0.2, 0.25) is 0 Å². The molecule has 1 aromatic carbocycles. The van der Waals surface area contributed by atoms with Crippen molar-refractivity contribution in [1.29, 1.82) is 0 Å². The summed E-state index contributed by atoms with van der Waals surface area (Å²) >= 11 is 3.75. The second-order valence-corrected chi connectivity index (χ2v) is 5.98. The summed E-state index contributed by atoms with van der Waals surface area (Å²) in [6, 6.07) is 13.1. The van der Waals surface area contributed by atoms with E-state index in [4.69, 9.17) is 0 Å². The predicted molar refractivity (Wildman–Crippen MR) is 88.5 cm³/mol. The van der Waals surface area contributed by atoms with Crippen LogP contribution in [0.3, 0.4) is 0 Å². The van der Waals surface area contributed by atoms with E-state index >= 15 is 0 Å². The van der Waals surface area contributed by atoms with Gasteiger partial charge in [-0.05, 0) is 30.9 Å². The average Bonchev–Trinajstić information content (AvgIpc) is 2.86. The summed E-state index contributed by atoms with van der Waals surface area (Å²) < 4.78 is 2.04. The molecule has 108 valence electrons. The lowest BCUT2D eigenvalue weighted by molar-refractivity contribution is 0.448. The Morgan fingerprint density at radius 1 is 1.20 bits per heavy atom. The minimum Gasteiger partial charge on any atom is -0.272 e. The molecule has 0 aliphatic rings. The number of alkyl halides is 1. The third kappa shape index (κ3) is 2.98. The fourth-order valence-electron chi connectivity index (χ4n) is 2.70.